The molecule has 0 spiro atoms. The van der Waals surface area contributed by atoms with Gasteiger partial charge in [0.25, 0.3) is 0 Å². The number of para-hydroxylation sites is 2. The zero-order chi connectivity index (χ0) is 28.7. The molecule has 0 N–H and O–H groups in total. The van der Waals surface area contributed by atoms with Crippen LogP contribution in [0, 0.1) is 0 Å². The van der Waals surface area contributed by atoms with E-state index >= 15 is 0 Å². The molecule has 1 aliphatic rings. The number of carbonyl (C=O) groups excluding carboxylic acids is 1. The van der Waals surface area contributed by atoms with Crippen LogP contribution in [0.3, 0.4) is 0 Å². The summed E-state index contributed by atoms with van der Waals surface area (Å²) < 4.78 is 5.68. The molecule has 206 valence electrons. The highest BCUT2D eigenvalue weighted by Gasteiger charge is 2.41. The van der Waals surface area contributed by atoms with Crippen LogP contribution < -0.4 is 4.90 Å². The van der Waals surface area contributed by atoms with Crippen molar-refractivity contribution in [2.45, 2.75) is 32.1 Å². The molecular weight excluding hydrogens is 534 g/mol. The number of anilines is 3. The average Bonchev–Trinajstić information content (AvgIpc) is 3.79. The van der Waals surface area contributed by atoms with Crippen LogP contribution in [0.25, 0.3) is 32.2 Å². The monoisotopic (exact) mass is 565 g/mol. The van der Waals surface area contributed by atoms with Crippen molar-refractivity contribution in [3.8, 4) is 32.2 Å². The van der Waals surface area contributed by atoms with Crippen LogP contribution in [-0.2, 0) is 5.41 Å². The molecule has 42 heavy (non-hydrogen) atoms. The Balaban J connectivity index is 1.32. The van der Waals surface area contributed by atoms with E-state index in [9.17, 15) is 4.79 Å². The molecule has 0 saturated carbocycles. The Hall–Kier alpha value is -4.67. The second-order valence-corrected chi connectivity index (χ2v) is 11.9. The van der Waals surface area contributed by atoms with E-state index in [1.54, 1.807) is 17.4 Å². The number of rotatable bonds is 8. The third-order valence-corrected chi connectivity index (χ3v) is 9.86. The lowest BCUT2D eigenvalue weighted by Crippen LogP contribution is -2.23. The number of furan rings is 1. The van der Waals surface area contributed by atoms with Gasteiger partial charge in [-0.3, -0.25) is 4.79 Å². The van der Waals surface area contributed by atoms with Crippen molar-refractivity contribution in [3.63, 3.8) is 0 Å². The lowest BCUT2D eigenvalue weighted by Gasteiger charge is -2.32. The Bertz CT molecular complexity index is 1840. The highest BCUT2D eigenvalue weighted by atomic mass is 32.1. The number of hydrogen-bond acceptors (Lipinski definition) is 4. The van der Waals surface area contributed by atoms with Crippen molar-refractivity contribution in [2.24, 2.45) is 0 Å². The lowest BCUT2D eigenvalue weighted by atomic mass is 9.73. The van der Waals surface area contributed by atoms with E-state index in [1.807, 2.05) is 6.07 Å². The van der Waals surface area contributed by atoms with Gasteiger partial charge in [0.15, 0.2) is 12.0 Å². The molecule has 0 radical (unpaired) electrons. The summed E-state index contributed by atoms with van der Waals surface area (Å²) in [4.78, 5) is 15.7. The molecule has 1 aliphatic carbocycles. The zero-order valence-corrected chi connectivity index (χ0v) is 24.5. The zero-order valence-electron chi connectivity index (χ0n) is 23.7. The summed E-state index contributed by atoms with van der Waals surface area (Å²) in [7, 11) is 0. The summed E-state index contributed by atoms with van der Waals surface area (Å²) in [5, 5.41) is 0. The average molecular weight is 566 g/mol. The maximum Gasteiger partial charge on any atom is 0.185 e. The molecule has 6 aromatic rings. The fourth-order valence-electron chi connectivity index (χ4n) is 6.56. The third-order valence-electron chi connectivity index (χ3n) is 8.71. The van der Waals surface area contributed by atoms with Gasteiger partial charge in [0, 0.05) is 27.4 Å². The van der Waals surface area contributed by atoms with Gasteiger partial charge in [-0.05, 0) is 107 Å². The van der Waals surface area contributed by atoms with E-state index in [4.69, 9.17) is 4.42 Å². The summed E-state index contributed by atoms with van der Waals surface area (Å²) in [6.07, 6.45) is 2.78. The molecule has 0 fully saturated rings. The summed E-state index contributed by atoms with van der Waals surface area (Å²) in [5.41, 5.74) is 10.0. The molecule has 2 aromatic heterocycles. The van der Waals surface area contributed by atoms with Gasteiger partial charge >= 0.3 is 0 Å². The summed E-state index contributed by atoms with van der Waals surface area (Å²) in [6.45, 7) is 4.64. The standard InChI is InChI=1S/C38H31NO2S/c1-3-38(4-2)33-23-26(36-21-22-37(42-36)35-20-17-30(25-40)41-35)15-18-31(33)32-19-16-29(24-34(32)38)39(27-11-7-5-8-12-27)28-13-9-6-10-14-28/h5-25H,3-4H2,1-2H3. The Morgan fingerprint density at radius 2 is 1.29 bits per heavy atom. The van der Waals surface area contributed by atoms with Crippen LogP contribution in [0.5, 0.6) is 0 Å². The Morgan fingerprint density at radius 3 is 1.90 bits per heavy atom. The molecule has 0 atom stereocenters. The van der Waals surface area contributed by atoms with E-state index in [0.717, 1.165) is 41.1 Å². The molecule has 4 aromatic carbocycles. The number of aldehydes is 1. The van der Waals surface area contributed by atoms with Crippen molar-refractivity contribution in [3.05, 3.63) is 138 Å². The van der Waals surface area contributed by atoms with Crippen LogP contribution in [0.15, 0.2) is 126 Å². The Morgan fingerprint density at radius 1 is 0.667 bits per heavy atom. The first-order valence-corrected chi connectivity index (χ1v) is 15.3. The fourth-order valence-corrected chi connectivity index (χ4v) is 7.53. The first-order chi connectivity index (χ1) is 20.6. The number of nitrogens with zero attached hydrogens (tertiary/aromatic N) is 1. The quantitative estimate of drug-likeness (QED) is 0.172. The van der Waals surface area contributed by atoms with E-state index in [0.29, 0.717) is 5.76 Å². The predicted molar refractivity (Wildman–Crippen MR) is 174 cm³/mol. The molecule has 0 unspecified atom stereocenters. The fraction of sp³-hybridized carbons (Fsp3) is 0.132. The lowest BCUT2D eigenvalue weighted by molar-refractivity contribution is 0.110. The van der Waals surface area contributed by atoms with Crippen molar-refractivity contribution in [2.75, 3.05) is 4.90 Å². The van der Waals surface area contributed by atoms with Crippen LogP contribution in [0.2, 0.25) is 0 Å². The first kappa shape index (κ1) is 26.2. The highest BCUT2D eigenvalue weighted by molar-refractivity contribution is 7.18. The van der Waals surface area contributed by atoms with Gasteiger partial charge in [-0.15, -0.1) is 11.3 Å². The van der Waals surface area contributed by atoms with Crippen LogP contribution in [0.4, 0.5) is 17.1 Å². The summed E-state index contributed by atoms with van der Waals surface area (Å²) in [5.74, 6) is 1.08. The van der Waals surface area contributed by atoms with Gasteiger partial charge in [-0.1, -0.05) is 68.4 Å². The number of hydrogen-bond donors (Lipinski definition) is 0. The topological polar surface area (TPSA) is 33.5 Å². The molecule has 3 nitrogen and oxygen atoms in total. The van der Waals surface area contributed by atoms with E-state index < -0.39 is 0 Å². The van der Waals surface area contributed by atoms with Gasteiger partial charge in [-0.25, -0.2) is 0 Å². The number of carbonyl (C=O) groups is 1. The van der Waals surface area contributed by atoms with E-state index in [2.05, 4.69) is 128 Å². The largest absolute Gasteiger partial charge is 0.452 e. The summed E-state index contributed by atoms with van der Waals surface area (Å²) in [6, 6.07) is 43.0. The predicted octanol–water partition coefficient (Wildman–Crippen LogP) is 11.0. The SMILES string of the molecule is CCC1(CC)c2cc(-c3ccc(-c4ccc(C=O)o4)s3)ccc2-c2ccc(N(c3ccccc3)c3ccccc3)cc21. The van der Waals surface area contributed by atoms with Crippen molar-refractivity contribution in [1.82, 2.24) is 0 Å². The first-order valence-electron chi connectivity index (χ1n) is 14.5. The molecule has 4 heteroatoms. The normalized spacial score (nSPS) is 13.0. The minimum Gasteiger partial charge on any atom is -0.452 e. The maximum absolute atomic E-state index is 11.1. The second kappa shape index (κ2) is 10.6. The van der Waals surface area contributed by atoms with Crippen molar-refractivity contribution in [1.29, 1.82) is 0 Å². The molecule has 0 aliphatic heterocycles. The van der Waals surface area contributed by atoms with Crippen LogP contribution in [0.1, 0.15) is 48.4 Å². The minimum atomic E-state index is -0.0737. The summed E-state index contributed by atoms with van der Waals surface area (Å²) >= 11 is 1.69. The molecule has 0 amide bonds. The second-order valence-electron chi connectivity index (χ2n) is 10.8. The number of fused-ring (bicyclic) bond motifs is 3. The minimum absolute atomic E-state index is 0.0737. The third kappa shape index (κ3) is 4.22. The van der Waals surface area contributed by atoms with Gasteiger partial charge in [0.2, 0.25) is 0 Å². The molecule has 7 rings (SSSR count). The van der Waals surface area contributed by atoms with Gasteiger partial charge in [0.1, 0.15) is 5.76 Å². The number of benzene rings is 4. The van der Waals surface area contributed by atoms with E-state index in [1.165, 1.54) is 38.4 Å². The number of thiophene rings is 1. The van der Waals surface area contributed by atoms with Crippen LogP contribution >= 0.6 is 11.3 Å². The van der Waals surface area contributed by atoms with Crippen molar-refractivity contribution >= 4 is 34.7 Å². The molecule has 0 bridgehead atoms. The molecule has 2 heterocycles. The van der Waals surface area contributed by atoms with Crippen molar-refractivity contribution < 1.29 is 9.21 Å². The highest BCUT2D eigenvalue weighted by Crippen LogP contribution is 2.55. The smallest absolute Gasteiger partial charge is 0.185 e. The van der Waals surface area contributed by atoms with Gasteiger partial charge in [0.05, 0.1) is 4.88 Å². The van der Waals surface area contributed by atoms with Crippen LogP contribution in [-0.4, -0.2) is 6.29 Å². The van der Waals surface area contributed by atoms with Gasteiger partial charge < -0.3 is 9.32 Å². The molecule has 0 saturated heterocycles. The maximum atomic E-state index is 11.1. The van der Waals surface area contributed by atoms with E-state index in [-0.39, 0.29) is 5.41 Å². The Labute approximate surface area is 250 Å². The Kier molecular flexibility index (Phi) is 6.64. The van der Waals surface area contributed by atoms with Gasteiger partial charge in [-0.2, -0.15) is 0 Å². The molecular formula is C38H31NO2S.